The van der Waals surface area contributed by atoms with E-state index in [0.29, 0.717) is 17.5 Å². The molecule has 1 fully saturated rings. The van der Waals surface area contributed by atoms with Crippen LogP contribution < -0.4 is 5.32 Å². The maximum atomic E-state index is 14.6. The molecule has 1 aromatic rings. The van der Waals surface area contributed by atoms with E-state index in [9.17, 15) is 9.50 Å². The van der Waals surface area contributed by atoms with Gasteiger partial charge in [-0.15, -0.1) is 0 Å². The summed E-state index contributed by atoms with van der Waals surface area (Å²) in [4.78, 5) is 0. The van der Waals surface area contributed by atoms with Crippen LogP contribution in [0.2, 0.25) is 0 Å². The van der Waals surface area contributed by atoms with Crippen molar-refractivity contribution in [3.63, 3.8) is 0 Å². The first-order valence-electron chi connectivity index (χ1n) is 8.83. The minimum atomic E-state index is -0.210. The molecular formula is C20H24FNO2. The Hall–Kier alpha value is -1.65. The normalized spacial score (nSPS) is 34.4. The quantitative estimate of drug-likeness (QED) is 0.865. The fourth-order valence-corrected chi connectivity index (χ4v) is 4.42. The van der Waals surface area contributed by atoms with Gasteiger partial charge >= 0.3 is 0 Å². The minimum absolute atomic E-state index is 0.0248. The standard InChI is InChI=1S/C20H24FNO2/c1-12-9-16-19(17(21)10-12)22-18(13-5-3-2-4-6-13)15-8-7-14(11-23)24-20(15)16/h2-5,9-10,13-15,18,20,22-23H,6-8,11H2,1H3/t13?,14-,15+,18+,20+/m1/s1. The lowest BCUT2D eigenvalue weighted by atomic mass is 9.73. The number of hydrogen-bond donors (Lipinski definition) is 2. The number of aryl methyl sites for hydroxylation is 1. The van der Waals surface area contributed by atoms with Crippen LogP contribution in [0.5, 0.6) is 0 Å². The molecule has 0 bridgehead atoms. The van der Waals surface area contributed by atoms with E-state index in [4.69, 9.17) is 4.74 Å². The van der Waals surface area contributed by atoms with Crippen LogP contribution in [0.3, 0.4) is 0 Å². The van der Waals surface area contributed by atoms with Crippen molar-refractivity contribution in [2.75, 3.05) is 11.9 Å². The zero-order valence-electron chi connectivity index (χ0n) is 13.9. The fraction of sp³-hybridized carbons (Fsp3) is 0.500. The van der Waals surface area contributed by atoms with Crippen LogP contribution in [0.15, 0.2) is 36.4 Å². The number of allylic oxidation sites excluding steroid dienone is 3. The molecule has 3 nitrogen and oxygen atoms in total. The Morgan fingerprint density at radius 3 is 2.92 bits per heavy atom. The highest BCUT2D eigenvalue weighted by molar-refractivity contribution is 5.58. The fourth-order valence-electron chi connectivity index (χ4n) is 4.42. The molecule has 2 aliphatic heterocycles. The number of halogens is 1. The third kappa shape index (κ3) is 2.68. The SMILES string of the molecule is Cc1cc(F)c2c(c1)[C@H]1O[C@@H](CO)CC[C@H]1[C@H](C1C=CC=CC1)N2. The summed E-state index contributed by atoms with van der Waals surface area (Å²) in [5.74, 6) is 0.423. The molecule has 0 spiro atoms. The lowest BCUT2D eigenvalue weighted by molar-refractivity contribution is -0.112. The van der Waals surface area contributed by atoms with Crippen molar-refractivity contribution in [3.8, 4) is 0 Å². The van der Waals surface area contributed by atoms with Gasteiger partial charge in [-0.2, -0.15) is 0 Å². The summed E-state index contributed by atoms with van der Waals surface area (Å²) >= 11 is 0. The van der Waals surface area contributed by atoms with E-state index in [-0.39, 0.29) is 30.7 Å². The highest BCUT2D eigenvalue weighted by Crippen LogP contribution is 2.48. The highest BCUT2D eigenvalue weighted by Gasteiger charge is 2.44. The Morgan fingerprint density at radius 2 is 2.17 bits per heavy atom. The van der Waals surface area contributed by atoms with Crippen LogP contribution in [-0.2, 0) is 4.74 Å². The number of anilines is 1. The first-order chi connectivity index (χ1) is 11.7. The third-order valence-corrected chi connectivity index (χ3v) is 5.57. The van der Waals surface area contributed by atoms with Gasteiger partial charge in [0, 0.05) is 23.4 Å². The zero-order valence-corrected chi connectivity index (χ0v) is 13.9. The van der Waals surface area contributed by atoms with Gasteiger partial charge in [-0.25, -0.2) is 4.39 Å². The average molecular weight is 329 g/mol. The van der Waals surface area contributed by atoms with E-state index in [1.165, 1.54) is 0 Å². The molecule has 1 aliphatic carbocycles. The third-order valence-electron chi connectivity index (χ3n) is 5.57. The van der Waals surface area contributed by atoms with Gasteiger partial charge in [-0.3, -0.25) is 0 Å². The van der Waals surface area contributed by atoms with Crippen LogP contribution in [0.4, 0.5) is 10.1 Å². The zero-order chi connectivity index (χ0) is 16.7. The first-order valence-corrected chi connectivity index (χ1v) is 8.83. The van der Waals surface area contributed by atoms with Crippen molar-refractivity contribution >= 4 is 5.69 Å². The van der Waals surface area contributed by atoms with E-state index < -0.39 is 0 Å². The van der Waals surface area contributed by atoms with Gasteiger partial charge in [0.15, 0.2) is 0 Å². The second-order valence-corrected chi connectivity index (χ2v) is 7.20. The molecule has 1 saturated heterocycles. The summed E-state index contributed by atoms with van der Waals surface area (Å²) in [5, 5.41) is 13.0. The number of rotatable bonds is 2. The number of aliphatic hydroxyl groups excluding tert-OH is 1. The van der Waals surface area contributed by atoms with Crippen molar-refractivity contribution in [1.82, 2.24) is 0 Å². The number of benzene rings is 1. The molecule has 0 saturated carbocycles. The van der Waals surface area contributed by atoms with Gasteiger partial charge in [0.2, 0.25) is 0 Å². The maximum Gasteiger partial charge on any atom is 0.146 e. The molecule has 0 radical (unpaired) electrons. The van der Waals surface area contributed by atoms with Crippen molar-refractivity contribution in [2.24, 2.45) is 11.8 Å². The Labute approximate surface area is 142 Å². The topological polar surface area (TPSA) is 41.5 Å². The first kappa shape index (κ1) is 15.9. The summed E-state index contributed by atoms with van der Waals surface area (Å²) in [6.45, 7) is 1.93. The van der Waals surface area contributed by atoms with Gasteiger partial charge in [0.05, 0.1) is 24.5 Å². The number of nitrogens with one attached hydrogen (secondary N) is 1. The lowest BCUT2D eigenvalue weighted by Gasteiger charge is -2.47. The molecule has 3 aliphatic rings. The molecule has 5 atom stereocenters. The van der Waals surface area contributed by atoms with Gasteiger partial charge in [-0.1, -0.05) is 30.4 Å². The molecular weight excluding hydrogens is 305 g/mol. The molecule has 4 heteroatoms. The molecule has 0 amide bonds. The molecule has 24 heavy (non-hydrogen) atoms. The Bertz CT molecular complexity index is 684. The van der Waals surface area contributed by atoms with Crippen molar-refractivity contribution in [3.05, 3.63) is 53.4 Å². The van der Waals surface area contributed by atoms with Gasteiger partial charge < -0.3 is 15.2 Å². The van der Waals surface area contributed by atoms with Gasteiger partial charge in [0.1, 0.15) is 5.82 Å². The second-order valence-electron chi connectivity index (χ2n) is 7.20. The molecule has 2 N–H and O–H groups in total. The van der Waals surface area contributed by atoms with Crippen LogP contribution in [0.1, 0.15) is 36.5 Å². The van der Waals surface area contributed by atoms with E-state index in [1.807, 2.05) is 13.0 Å². The minimum Gasteiger partial charge on any atom is -0.394 e. The van der Waals surface area contributed by atoms with Gasteiger partial charge in [0.25, 0.3) is 0 Å². The molecule has 4 rings (SSSR count). The van der Waals surface area contributed by atoms with Crippen molar-refractivity contribution in [2.45, 2.75) is 44.4 Å². The Kier molecular flexibility index (Phi) is 4.19. The predicted octanol–water partition coefficient (Wildman–Crippen LogP) is 3.89. The van der Waals surface area contributed by atoms with Crippen LogP contribution >= 0.6 is 0 Å². The summed E-state index contributed by atoms with van der Waals surface area (Å²) in [5.41, 5.74) is 2.39. The summed E-state index contributed by atoms with van der Waals surface area (Å²) in [6.07, 6.45) is 11.0. The molecule has 2 heterocycles. The Morgan fingerprint density at radius 1 is 1.29 bits per heavy atom. The molecule has 1 unspecified atom stereocenters. The monoisotopic (exact) mass is 329 g/mol. The van der Waals surface area contributed by atoms with E-state index in [1.54, 1.807) is 6.07 Å². The number of aliphatic hydroxyl groups is 1. The largest absolute Gasteiger partial charge is 0.394 e. The summed E-state index contributed by atoms with van der Waals surface area (Å²) in [7, 11) is 0. The molecule has 128 valence electrons. The van der Waals surface area contributed by atoms with Crippen LogP contribution in [-0.4, -0.2) is 23.9 Å². The lowest BCUT2D eigenvalue weighted by Crippen LogP contribution is -2.47. The average Bonchev–Trinajstić information content (AvgIpc) is 2.61. The van der Waals surface area contributed by atoms with Crippen molar-refractivity contribution < 1.29 is 14.2 Å². The predicted molar refractivity (Wildman–Crippen MR) is 92.4 cm³/mol. The summed E-state index contributed by atoms with van der Waals surface area (Å²) in [6, 6.07) is 3.75. The van der Waals surface area contributed by atoms with Crippen LogP contribution in [0, 0.1) is 24.6 Å². The van der Waals surface area contributed by atoms with E-state index in [2.05, 4.69) is 29.6 Å². The van der Waals surface area contributed by atoms with E-state index >= 15 is 0 Å². The number of hydrogen-bond acceptors (Lipinski definition) is 3. The van der Waals surface area contributed by atoms with Gasteiger partial charge in [-0.05, 0) is 37.8 Å². The highest BCUT2D eigenvalue weighted by atomic mass is 19.1. The summed E-state index contributed by atoms with van der Waals surface area (Å²) < 4.78 is 20.8. The Balaban J connectivity index is 1.74. The van der Waals surface area contributed by atoms with Crippen LogP contribution in [0.25, 0.3) is 0 Å². The number of ether oxygens (including phenoxy) is 1. The maximum absolute atomic E-state index is 14.6. The molecule has 1 aromatic carbocycles. The molecule has 0 aromatic heterocycles. The van der Waals surface area contributed by atoms with E-state index in [0.717, 1.165) is 30.4 Å². The second kappa shape index (κ2) is 6.34. The number of fused-ring (bicyclic) bond motifs is 3. The van der Waals surface area contributed by atoms with Crippen molar-refractivity contribution in [1.29, 1.82) is 0 Å². The smallest absolute Gasteiger partial charge is 0.146 e.